The molecule has 0 radical (unpaired) electrons. The van der Waals surface area contributed by atoms with Crippen LogP contribution in [-0.4, -0.2) is 9.13 Å². The average Bonchev–Trinajstić information content (AvgIpc) is 3.62. The Labute approximate surface area is 231 Å². The van der Waals surface area contributed by atoms with Crippen molar-refractivity contribution in [2.24, 2.45) is 0 Å². The summed E-state index contributed by atoms with van der Waals surface area (Å²) in [4.78, 5) is 0. The first kappa shape index (κ1) is 14.6. The summed E-state index contributed by atoms with van der Waals surface area (Å²) in [5.74, 6) is 0. The van der Waals surface area contributed by atoms with Crippen molar-refractivity contribution in [2.75, 3.05) is 0 Å². The molecule has 0 atom stereocenters. The highest BCUT2D eigenvalue weighted by Crippen LogP contribution is 2.37. The summed E-state index contributed by atoms with van der Waals surface area (Å²) in [5.41, 5.74) is 5.77. The van der Waals surface area contributed by atoms with Crippen molar-refractivity contribution in [1.82, 2.24) is 9.13 Å². The van der Waals surface area contributed by atoms with E-state index in [0.717, 1.165) is 38.6 Å². The maximum Gasteiger partial charge on any atom is 0.0645 e. The highest BCUT2D eigenvalue weighted by molar-refractivity contribution is 6.12. The highest BCUT2D eigenvalue weighted by atomic mass is 15.0. The number of hydrogen-bond donors (Lipinski definition) is 0. The fourth-order valence-electron chi connectivity index (χ4n) is 5.51. The number of para-hydroxylation sites is 3. The molecule has 2 aromatic heterocycles. The minimum absolute atomic E-state index is 0.0632. The van der Waals surface area contributed by atoms with Gasteiger partial charge in [-0.1, -0.05) is 96.9 Å². The van der Waals surface area contributed by atoms with Crippen molar-refractivity contribution in [3.05, 3.63) is 145 Å². The molecule has 0 saturated heterocycles. The minimum atomic E-state index is -0.458. The number of fused-ring (bicyclic) bond motifs is 6. The molecule has 0 aliphatic carbocycles. The molecule has 0 aliphatic heterocycles. The zero-order valence-corrected chi connectivity index (χ0v) is 20.1. The van der Waals surface area contributed by atoms with Crippen LogP contribution in [0.5, 0.6) is 0 Å². The zero-order chi connectivity index (χ0) is 32.0. The van der Waals surface area contributed by atoms with E-state index >= 15 is 0 Å². The Morgan fingerprint density at radius 3 is 1.79 bits per heavy atom. The normalized spacial score (nSPS) is 14.6. The van der Waals surface area contributed by atoms with Crippen LogP contribution < -0.4 is 0 Å². The van der Waals surface area contributed by atoms with Gasteiger partial charge in [-0.15, -0.1) is 0 Å². The third-order valence-corrected chi connectivity index (χ3v) is 7.16. The van der Waals surface area contributed by atoms with Gasteiger partial charge in [-0.05, 0) is 59.6 Å². The predicted molar refractivity (Wildman–Crippen MR) is 161 cm³/mol. The van der Waals surface area contributed by atoms with Gasteiger partial charge in [-0.2, -0.15) is 0 Å². The molecule has 0 N–H and O–H groups in total. The van der Waals surface area contributed by atoms with Crippen molar-refractivity contribution < 1.29 is 11.0 Å². The van der Waals surface area contributed by atoms with E-state index in [1.807, 2.05) is 60.7 Å². The molecule has 0 bridgehead atoms. The fourth-order valence-corrected chi connectivity index (χ4v) is 5.51. The van der Waals surface area contributed by atoms with Gasteiger partial charge in [0.1, 0.15) is 0 Å². The van der Waals surface area contributed by atoms with E-state index in [1.165, 1.54) is 0 Å². The Morgan fingerprint density at radius 2 is 1.00 bits per heavy atom. The topological polar surface area (TPSA) is 9.86 Å². The molecule has 0 spiro atoms. The lowest BCUT2D eigenvalue weighted by Crippen LogP contribution is -1.96. The van der Waals surface area contributed by atoms with Crippen LogP contribution in [0.2, 0.25) is 0 Å². The summed E-state index contributed by atoms with van der Waals surface area (Å²) < 4.78 is 72.5. The van der Waals surface area contributed by atoms with Crippen LogP contribution >= 0.6 is 0 Å². The Kier molecular flexibility index (Phi) is 3.16. The lowest BCUT2D eigenvalue weighted by molar-refractivity contribution is 1.17. The summed E-state index contributed by atoms with van der Waals surface area (Å²) in [5, 5.41) is 1.98. The predicted octanol–water partition coefficient (Wildman–Crippen LogP) is 9.55. The van der Waals surface area contributed by atoms with Crippen molar-refractivity contribution in [3.63, 3.8) is 0 Å². The third-order valence-electron chi connectivity index (χ3n) is 7.16. The second-order valence-electron chi connectivity index (χ2n) is 9.25. The first-order valence-electron chi connectivity index (χ1n) is 16.4. The number of aromatic nitrogens is 2. The van der Waals surface area contributed by atoms with Gasteiger partial charge < -0.3 is 9.13 Å². The number of benzene rings is 6. The average molecular weight is 493 g/mol. The first-order chi connectivity index (χ1) is 22.2. The highest BCUT2D eigenvalue weighted by Gasteiger charge is 2.16. The van der Waals surface area contributed by atoms with Gasteiger partial charge in [-0.3, -0.25) is 0 Å². The lowest BCUT2D eigenvalue weighted by atomic mass is 10.1. The van der Waals surface area contributed by atoms with Crippen LogP contribution in [0.1, 0.15) is 11.0 Å². The van der Waals surface area contributed by atoms with Gasteiger partial charge in [0.2, 0.25) is 0 Å². The molecule has 8 aromatic rings. The fraction of sp³-hybridized carbons (Fsp3) is 0. The Morgan fingerprint density at radius 1 is 0.395 bits per heavy atom. The molecule has 8 rings (SSSR count). The molecule has 6 aromatic carbocycles. The molecule has 0 amide bonds. The zero-order valence-electron chi connectivity index (χ0n) is 28.1. The molecular weight excluding hydrogens is 460 g/mol. The standard InChI is InChI=1S/C36H24N2/c1-2-11-25(12-3-1)26-13-10-14-27(23-26)37-35-20-9-6-17-31(35)32-24-28(21-22-36(32)37)38-33-18-7-4-15-29(33)30-16-5-8-19-34(30)38/h1-24H/i4D,5D,7D,8D,15D,16D,18D,19D. The summed E-state index contributed by atoms with van der Waals surface area (Å²) in [6, 6.07) is 29.1. The molecule has 0 unspecified atom stereocenters. The van der Waals surface area contributed by atoms with Crippen molar-refractivity contribution in [2.45, 2.75) is 0 Å². The van der Waals surface area contributed by atoms with Crippen LogP contribution in [0.3, 0.4) is 0 Å². The number of rotatable bonds is 3. The molecule has 2 nitrogen and oxygen atoms in total. The Balaban J connectivity index is 1.47. The summed E-state index contributed by atoms with van der Waals surface area (Å²) in [6.07, 6.45) is 0. The summed E-state index contributed by atoms with van der Waals surface area (Å²) in [6.45, 7) is 0. The molecule has 2 heteroatoms. The second-order valence-corrected chi connectivity index (χ2v) is 9.25. The van der Waals surface area contributed by atoms with E-state index in [4.69, 9.17) is 11.0 Å². The van der Waals surface area contributed by atoms with Crippen LogP contribution in [0, 0.1) is 0 Å². The van der Waals surface area contributed by atoms with Crippen LogP contribution in [0.15, 0.2) is 145 Å². The van der Waals surface area contributed by atoms with E-state index in [0.29, 0.717) is 5.69 Å². The Bertz CT molecular complexity index is 2490. The van der Waals surface area contributed by atoms with E-state index in [1.54, 1.807) is 4.57 Å². The van der Waals surface area contributed by atoms with E-state index in [9.17, 15) is 0 Å². The maximum atomic E-state index is 8.87. The Hall–Kier alpha value is -5.08. The SMILES string of the molecule is [2H]c1c([2H])c([2H])c2c(c1[2H])c1c([2H])c([2H])c([2H])c([2H])c1n2-c1ccc2c(c1)c1ccccc1n2-c1cccc(-c2ccccc2)c1. The van der Waals surface area contributed by atoms with E-state index in [2.05, 4.69) is 41.0 Å². The summed E-state index contributed by atoms with van der Waals surface area (Å²) in [7, 11) is 0. The molecule has 0 fully saturated rings. The smallest absolute Gasteiger partial charge is 0.0645 e. The molecule has 2 heterocycles. The van der Waals surface area contributed by atoms with Crippen molar-refractivity contribution in [3.8, 4) is 22.5 Å². The van der Waals surface area contributed by atoms with Gasteiger partial charge in [0.25, 0.3) is 0 Å². The number of hydrogen-bond acceptors (Lipinski definition) is 0. The quantitative estimate of drug-likeness (QED) is 0.232. The number of nitrogens with zero attached hydrogens (tertiary/aromatic N) is 2. The lowest BCUT2D eigenvalue weighted by Gasteiger charge is -2.11. The summed E-state index contributed by atoms with van der Waals surface area (Å²) >= 11 is 0. The largest absolute Gasteiger partial charge is 0.309 e. The van der Waals surface area contributed by atoms with E-state index in [-0.39, 0.29) is 46.0 Å². The van der Waals surface area contributed by atoms with Gasteiger partial charge >= 0.3 is 0 Å². The van der Waals surface area contributed by atoms with Crippen LogP contribution in [0.25, 0.3) is 66.1 Å². The third kappa shape index (κ3) is 3.07. The van der Waals surface area contributed by atoms with Gasteiger partial charge in [0.05, 0.1) is 33.0 Å². The van der Waals surface area contributed by atoms with E-state index < -0.39 is 24.2 Å². The monoisotopic (exact) mass is 492 g/mol. The van der Waals surface area contributed by atoms with Gasteiger partial charge in [0.15, 0.2) is 0 Å². The molecular formula is C36H24N2. The van der Waals surface area contributed by atoms with Crippen molar-refractivity contribution in [1.29, 1.82) is 0 Å². The minimum Gasteiger partial charge on any atom is -0.309 e. The second kappa shape index (κ2) is 8.22. The van der Waals surface area contributed by atoms with Gasteiger partial charge in [0, 0.05) is 32.9 Å². The van der Waals surface area contributed by atoms with Gasteiger partial charge in [-0.25, -0.2) is 0 Å². The van der Waals surface area contributed by atoms with Crippen molar-refractivity contribution >= 4 is 43.6 Å². The van der Waals surface area contributed by atoms with Crippen LogP contribution in [0.4, 0.5) is 0 Å². The first-order valence-corrected chi connectivity index (χ1v) is 12.4. The maximum absolute atomic E-state index is 8.87. The molecule has 38 heavy (non-hydrogen) atoms. The molecule has 178 valence electrons. The van der Waals surface area contributed by atoms with Crippen LogP contribution in [-0.2, 0) is 0 Å². The molecule has 0 saturated carbocycles. The molecule has 0 aliphatic rings.